The van der Waals surface area contributed by atoms with Gasteiger partial charge in [0.15, 0.2) is 0 Å². The molecular weight excluding hydrogens is 322 g/mol. The van der Waals surface area contributed by atoms with E-state index in [0.29, 0.717) is 35.8 Å². The summed E-state index contributed by atoms with van der Waals surface area (Å²) in [5.74, 6) is -0.655. The van der Waals surface area contributed by atoms with Gasteiger partial charge in [-0.1, -0.05) is 6.07 Å². The Morgan fingerprint density at radius 3 is 2.68 bits per heavy atom. The number of methoxy groups -OCH3 is 2. The maximum absolute atomic E-state index is 12.1. The molecule has 0 saturated carbocycles. The molecule has 0 aliphatic carbocycles. The molecule has 1 heterocycles. The molecule has 2 aromatic rings. The number of hydrogen-bond donors (Lipinski definition) is 2. The van der Waals surface area contributed by atoms with E-state index in [9.17, 15) is 9.59 Å². The number of rotatable bonds is 8. The number of nitrogens with one attached hydrogen (secondary N) is 2. The summed E-state index contributed by atoms with van der Waals surface area (Å²) in [6, 6.07) is 10.3. The van der Waals surface area contributed by atoms with E-state index in [4.69, 9.17) is 9.47 Å². The van der Waals surface area contributed by atoms with Crippen molar-refractivity contribution in [2.24, 2.45) is 0 Å². The Morgan fingerprint density at radius 1 is 1.12 bits per heavy atom. The van der Waals surface area contributed by atoms with E-state index in [2.05, 4.69) is 15.6 Å². The Kier molecular flexibility index (Phi) is 6.91. The third-order valence-electron chi connectivity index (χ3n) is 3.38. The molecule has 1 aromatic carbocycles. The monoisotopic (exact) mass is 343 g/mol. The van der Waals surface area contributed by atoms with Crippen LogP contribution in [0.3, 0.4) is 0 Å². The zero-order valence-electron chi connectivity index (χ0n) is 14.2. The van der Waals surface area contributed by atoms with Gasteiger partial charge in [0.05, 0.1) is 12.7 Å². The van der Waals surface area contributed by atoms with Crippen molar-refractivity contribution in [3.05, 3.63) is 53.9 Å². The molecule has 7 heteroatoms. The standard InChI is InChI=1S/C18H21N3O4/c1-24-10-4-8-20-17(22)16-12-15(7-9-19-16)21-14-6-3-5-13(11-14)18(23)25-2/h3,5-7,9,11-12H,4,8,10H2,1-2H3,(H,19,21)(H,20,22). The highest BCUT2D eigenvalue weighted by atomic mass is 16.5. The largest absolute Gasteiger partial charge is 0.465 e. The second kappa shape index (κ2) is 9.39. The first kappa shape index (κ1) is 18.4. The molecule has 25 heavy (non-hydrogen) atoms. The fourth-order valence-electron chi connectivity index (χ4n) is 2.15. The summed E-state index contributed by atoms with van der Waals surface area (Å²) >= 11 is 0. The number of pyridine rings is 1. The quantitative estimate of drug-likeness (QED) is 0.565. The van der Waals surface area contributed by atoms with Gasteiger partial charge in [0.1, 0.15) is 5.69 Å². The van der Waals surface area contributed by atoms with Crippen LogP contribution in [0.1, 0.15) is 27.3 Å². The minimum Gasteiger partial charge on any atom is -0.465 e. The summed E-state index contributed by atoms with van der Waals surface area (Å²) in [4.78, 5) is 27.8. The van der Waals surface area contributed by atoms with E-state index in [1.165, 1.54) is 7.11 Å². The predicted molar refractivity (Wildman–Crippen MR) is 94.1 cm³/mol. The highest BCUT2D eigenvalue weighted by Crippen LogP contribution is 2.18. The third kappa shape index (κ3) is 5.58. The van der Waals surface area contributed by atoms with Crippen LogP contribution in [-0.2, 0) is 9.47 Å². The molecule has 0 bridgehead atoms. The van der Waals surface area contributed by atoms with Crippen LogP contribution in [0.2, 0.25) is 0 Å². The van der Waals surface area contributed by atoms with Crippen LogP contribution in [0.15, 0.2) is 42.6 Å². The lowest BCUT2D eigenvalue weighted by Crippen LogP contribution is -2.26. The van der Waals surface area contributed by atoms with E-state index in [-0.39, 0.29) is 5.91 Å². The second-order valence-corrected chi connectivity index (χ2v) is 5.23. The number of carbonyl (C=O) groups is 2. The number of nitrogens with zero attached hydrogens (tertiary/aromatic N) is 1. The summed E-state index contributed by atoms with van der Waals surface area (Å²) in [5, 5.41) is 5.93. The van der Waals surface area contributed by atoms with Gasteiger partial charge in [-0.15, -0.1) is 0 Å². The first-order valence-electron chi connectivity index (χ1n) is 7.82. The van der Waals surface area contributed by atoms with E-state index in [1.807, 2.05) is 6.07 Å². The van der Waals surface area contributed by atoms with Gasteiger partial charge in [-0.3, -0.25) is 9.78 Å². The van der Waals surface area contributed by atoms with Gasteiger partial charge >= 0.3 is 5.97 Å². The number of esters is 1. The van der Waals surface area contributed by atoms with Gasteiger partial charge < -0.3 is 20.1 Å². The van der Waals surface area contributed by atoms with Crippen LogP contribution in [0.5, 0.6) is 0 Å². The number of aromatic nitrogens is 1. The molecule has 132 valence electrons. The first-order chi connectivity index (χ1) is 12.1. The van der Waals surface area contributed by atoms with Crippen molar-refractivity contribution in [3.63, 3.8) is 0 Å². The fourth-order valence-corrected chi connectivity index (χ4v) is 2.15. The van der Waals surface area contributed by atoms with Crippen molar-refractivity contribution in [1.29, 1.82) is 0 Å². The molecular formula is C18H21N3O4. The van der Waals surface area contributed by atoms with Crippen molar-refractivity contribution >= 4 is 23.3 Å². The minimum atomic E-state index is -0.408. The van der Waals surface area contributed by atoms with Crippen LogP contribution < -0.4 is 10.6 Å². The summed E-state index contributed by atoms with van der Waals surface area (Å²) in [6.45, 7) is 1.11. The molecule has 1 amide bonds. The zero-order chi connectivity index (χ0) is 18.1. The first-order valence-corrected chi connectivity index (χ1v) is 7.82. The van der Waals surface area contributed by atoms with Crippen molar-refractivity contribution in [3.8, 4) is 0 Å². The van der Waals surface area contributed by atoms with Gasteiger partial charge in [0.2, 0.25) is 0 Å². The predicted octanol–water partition coefficient (Wildman–Crippen LogP) is 2.38. The molecule has 0 unspecified atom stereocenters. The molecule has 0 fully saturated rings. The van der Waals surface area contributed by atoms with Crippen molar-refractivity contribution in [2.45, 2.75) is 6.42 Å². The number of amides is 1. The Labute approximate surface area is 146 Å². The Hall–Kier alpha value is -2.93. The zero-order valence-corrected chi connectivity index (χ0v) is 14.2. The highest BCUT2D eigenvalue weighted by Gasteiger charge is 2.09. The maximum Gasteiger partial charge on any atom is 0.337 e. The average molecular weight is 343 g/mol. The van der Waals surface area contributed by atoms with Crippen LogP contribution in [-0.4, -0.2) is 44.2 Å². The van der Waals surface area contributed by atoms with E-state index >= 15 is 0 Å². The van der Waals surface area contributed by atoms with Crippen LogP contribution in [0, 0.1) is 0 Å². The lowest BCUT2D eigenvalue weighted by atomic mass is 10.2. The molecule has 0 radical (unpaired) electrons. The van der Waals surface area contributed by atoms with Gasteiger partial charge in [-0.05, 0) is 36.8 Å². The smallest absolute Gasteiger partial charge is 0.337 e. The number of hydrogen-bond acceptors (Lipinski definition) is 6. The maximum atomic E-state index is 12.1. The van der Waals surface area contributed by atoms with Gasteiger partial charge in [-0.25, -0.2) is 4.79 Å². The van der Waals surface area contributed by atoms with E-state index in [0.717, 1.165) is 6.42 Å². The Morgan fingerprint density at radius 2 is 1.92 bits per heavy atom. The van der Waals surface area contributed by atoms with Gasteiger partial charge in [0, 0.05) is 37.8 Å². The lowest BCUT2D eigenvalue weighted by Gasteiger charge is -2.09. The SMILES string of the molecule is COCCCNC(=O)c1cc(Nc2cccc(C(=O)OC)c2)ccn1. The normalized spacial score (nSPS) is 10.2. The fraction of sp³-hybridized carbons (Fsp3) is 0.278. The van der Waals surface area contributed by atoms with Crippen molar-refractivity contribution in [2.75, 3.05) is 32.7 Å². The summed E-state index contributed by atoms with van der Waals surface area (Å²) in [6.07, 6.45) is 2.29. The molecule has 7 nitrogen and oxygen atoms in total. The van der Waals surface area contributed by atoms with Gasteiger partial charge in [-0.2, -0.15) is 0 Å². The Balaban J connectivity index is 2.04. The molecule has 0 spiro atoms. The molecule has 0 atom stereocenters. The molecule has 1 aromatic heterocycles. The summed E-state index contributed by atoms with van der Waals surface area (Å²) < 4.78 is 9.65. The molecule has 2 N–H and O–H groups in total. The second-order valence-electron chi connectivity index (χ2n) is 5.23. The minimum absolute atomic E-state index is 0.247. The number of ether oxygens (including phenoxy) is 2. The van der Waals surface area contributed by atoms with Crippen LogP contribution in [0.4, 0.5) is 11.4 Å². The number of carbonyl (C=O) groups excluding carboxylic acids is 2. The van der Waals surface area contributed by atoms with Crippen LogP contribution in [0.25, 0.3) is 0 Å². The van der Waals surface area contributed by atoms with E-state index < -0.39 is 5.97 Å². The molecule has 0 saturated heterocycles. The summed E-state index contributed by atoms with van der Waals surface area (Å²) in [7, 11) is 2.95. The molecule has 2 rings (SSSR count). The van der Waals surface area contributed by atoms with Crippen molar-refractivity contribution in [1.82, 2.24) is 10.3 Å². The Bertz CT molecular complexity index is 734. The third-order valence-corrected chi connectivity index (χ3v) is 3.38. The van der Waals surface area contributed by atoms with E-state index in [1.54, 1.807) is 43.6 Å². The topological polar surface area (TPSA) is 89.6 Å². The molecule has 0 aliphatic heterocycles. The molecule has 0 aliphatic rings. The van der Waals surface area contributed by atoms with Crippen LogP contribution >= 0.6 is 0 Å². The number of benzene rings is 1. The summed E-state index contributed by atoms with van der Waals surface area (Å²) in [5.41, 5.74) is 2.16. The highest BCUT2D eigenvalue weighted by molar-refractivity contribution is 5.93. The number of anilines is 2. The van der Waals surface area contributed by atoms with Gasteiger partial charge in [0.25, 0.3) is 5.91 Å². The lowest BCUT2D eigenvalue weighted by molar-refractivity contribution is 0.0600. The van der Waals surface area contributed by atoms with Crippen molar-refractivity contribution < 1.29 is 19.1 Å². The average Bonchev–Trinajstić information content (AvgIpc) is 2.65.